The Labute approximate surface area is 217 Å². The molecule has 0 aromatic heterocycles. The molecule has 2 aromatic rings. The molecule has 2 aromatic carbocycles. The first kappa shape index (κ1) is 26.5. The number of methoxy groups -OCH3 is 2. The highest BCUT2D eigenvalue weighted by atomic mass is 16.7. The lowest BCUT2D eigenvalue weighted by Crippen LogP contribution is -2.46. The Balaban J connectivity index is 1.53. The first-order chi connectivity index (χ1) is 18.1. The highest BCUT2D eigenvalue weighted by Crippen LogP contribution is 2.43. The van der Waals surface area contributed by atoms with Gasteiger partial charge >= 0.3 is 18.0 Å². The van der Waals surface area contributed by atoms with Gasteiger partial charge in [-0.1, -0.05) is 0 Å². The van der Waals surface area contributed by atoms with Gasteiger partial charge in [-0.05, 0) is 20.8 Å². The summed E-state index contributed by atoms with van der Waals surface area (Å²) in [5.41, 5.74) is -0.862. The molecule has 0 saturated carbocycles. The van der Waals surface area contributed by atoms with Crippen LogP contribution >= 0.6 is 0 Å². The van der Waals surface area contributed by atoms with E-state index < -0.39 is 36.1 Å². The van der Waals surface area contributed by atoms with Crippen molar-refractivity contribution >= 4 is 18.0 Å². The lowest BCUT2D eigenvalue weighted by atomic mass is 10.2. The molecule has 0 radical (unpaired) electrons. The molecule has 0 fully saturated rings. The molecular formula is C25H27NO12. The van der Waals surface area contributed by atoms with E-state index in [4.69, 9.17) is 42.6 Å². The molecule has 2 aliphatic rings. The standard InChI is InChI=1S/C25H27NO12/c1-25(2,3)38-24(29)26-13(23(28)37-21-10-19-17(33-12-35-19)8-15(21)31-5)6-22(27)36-20-9-18-16(32-11-34-18)7-14(20)30-4/h7-10,13H,6,11-12H2,1-5H3,(H,26,29). The van der Waals surface area contributed by atoms with Crippen LogP contribution in [0.2, 0.25) is 0 Å². The highest BCUT2D eigenvalue weighted by Gasteiger charge is 2.31. The van der Waals surface area contributed by atoms with Gasteiger partial charge < -0.3 is 47.9 Å². The first-order valence-corrected chi connectivity index (χ1v) is 11.4. The molecule has 4 rings (SSSR count). The van der Waals surface area contributed by atoms with Gasteiger partial charge in [0.15, 0.2) is 46.0 Å². The molecule has 2 heterocycles. The summed E-state index contributed by atoms with van der Waals surface area (Å²) in [6.45, 7) is 4.95. The number of carbonyl (C=O) groups is 3. The second kappa shape index (κ2) is 10.8. The number of carbonyl (C=O) groups excluding carboxylic acids is 3. The van der Waals surface area contributed by atoms with Crippen LogP contribution in [0.1, 0.15) is 27.2 Å². The number of alkyl carbamates (subject to hydrolysis) is 1. The quantitative estimate of drug-likeness (QED) is 0.393. The molecule has 13 nitrogen and oxygen atoms in total. The predicted octanol–water partition coefficient (Wildman–Crippen LogP) is 2.96. The van der Waals surface area contributed by atoms with E-state index in [0.29, 0.717) is 23.0 Å². The maximum absolute atomic E-state index is 13.2. The fraction of sp³-hybridized carbons (Fsp3) is 0.400. The third kappa shape index (κ3) is 6.22. The van der Waals surface area contributed by atoms with Gasteiger partial charge in [0.2, 0.25) is 13.6 Å². The summed E-state index contributed by atoms with van der Waals surface area (Å²) in [5.74, 6) is 0.0513. The molecule has 2 aliphatic heterocycles. The smallest absolute Gasteiger partial charge is 0.408 e. The minimum atomic E-state index is -1.49. The minimum absolute atomic E-state index is 0.00608. The summed E-state index contributed by atoms with van der Waals surface area (Å²) in [6.07, 6.45) is -1.55. The fourth-order valence-corrected chi connectivity index (χ4v) is 3.44. The normalized spacial score (nSPS) is 13.8. The Kier molecular flexibility index (Phi) is 7.55. The van der Waals surface area contributed by atoms with Crippen molar-refractivity contribution in [3.8, 4) is 46.0 Å². The van der Waals surface area contributed by atoms with E-state index in [0.717, 1.165) is 0 Å². The minimum Gasteiger partial charge on any atom is -0.493 e. The number of ether oxygens (including phenoxy) is 9. The lowest BCUT2D eigenvalue weighted by Gasteiger charge is -2.23. The number of hydrogen-bond donors (Lipinski definition) is 1. The summed E-state index contributed by atoms with van der Waals surface area (Å²) in [4.78, 5) is 38.5. The van der Waals surface area contributed by atoms with Gasteiger partial charge in [-0.25, -0.2) is 9.59 Å². The third-order valence-corrected chi connectivity index (χ3v) is 5.10. The Bertz CT molecular complexity index is 1240. The zero-order valence-corrected chi connectivity index (χ0v) is 21.4. The number of fused-ring (bicyclic) bond motifs is 2. The maximum atomic E-state index is 13.2. The number of hydrogen-bond acceptors (Lipinski definition) is 12. The number of nitrogens with one attached hydrogen (secondary N) is 1. The zero-order valence-electron chi connectivity index (χ0n) is 21.4. The molecule has 0 aliphatic carbocycles. The van der Waals surface area contributed by atoms with E-state index in [1.807, 2.05) is 0 Å². The molecule has 0 spiro atoms. The third-order valence-electron chi connectivity index (χ3n) is 5.10. The van der Waals surface area contributed by atoms with Crippen molar-refractivity contribution in [1.82, 2.24) is 5.32 Å². The molecule has 38 heavy (non-hydrogen) atoms. The summed E-state index contributed by atoms with van der Waals surface area (Å²) in [7, 11) is 2.76. The summed E-state index contributed by atoms with van der Waals surface area (Å²) >= 11 is 0. The average molecular weight is 533 g/mol. The second-order valence-electron chi connectivity index (χ2n) is 9.01. The fourth-order valence-electron chi connectivity index (χ4n) is 3.44. The van der Waals surface area contributed by atoms with E-state index in [9.17, 15) is 14.4 Å². The van der Waals surface area contributed by atoms with Crippen molar-refractivity contribution in [2.45, 2.75) is 38.8 Å². The largest absolute Gasteiger partial charge is 0.493 e. The topological polar surface area (TPSA) is 146 Å². The molecule has 1 N–H and O–H groups in total. The van der Waals surface area contributed by atoms with Crippen LogP contribution in [0.3, 0.4) is 0 Å². The van der Waals surface area contributed by atoms with Crippen LogP contribution in [-0.4, -0.2) is 57.5 Å². The molecule has 13 heteroatoms. The van der Waals surface area contributed by atoms with Gasteiger partial charge in [0.1, 0.15) is 11.6 Å². The van der Waals surface area contributed by atoms with Gasteiger partial charge in [0, 0.05) is 24.3 Å². The number of rotatable bonds is 8. The van der Waals surface area contributed by atoms with Gasteiger partial charge in [-0.3, -0.25) is 4.79 Å². The molecule has 204 valence electrons. The molecule has 1 amide bonds. The van der Waals surface area contributed by atoms with Crippen molar-refractivity contribution in [2.75, 3.05) is 27.8 Å². The van der Waals surface area contributed by atoms with Crippen molar-refractivity contribution in [1.29, 1.82) is 0 Å². The summed E-state index contributed by atoms with van der Waals surface area (Å²) < 4.78 is 47.9. The maximum Gasteiger partial charge on any atom is 0.408 e. The van der Waals surface area contributed by atoms with Crippen molar-refractivity contribution < 1.29 is 57.0 Å². The zero-order chi connectivity index (χ0) is 27.4. The van der Waals surface area contributed by atoms with Crippen LogP contribution in [0.25, 0.3) is 0 Å². The Morgan fingerprint density at radius 3 is 1.68 bits per heavy atom. The van der Waals surface area contributed by atoms with E-state index in [-0.39, 0.29) is 36.6 Å². The van der Waals surface area contributed by atoms with Crippen molar-refractivity contribution in [2.24, 2.45) is 0 Å². The average Bonchev–Trinajstić information content (AvgIpc) is 3.49. The summed E-state index contributed by atoms with van der Waals surface area (Å²) in [5, 5.41) is 2.36. The van der Waals surface area contributed by atoms with Crippen LogP contribution < -0.4 is 43.2 Å². The molecule has 1 unspecified atom stereocenters. The number of amides is 1. The van der Waals surface area contributed by atoms with Gasteiger partial charge in [-0.2, -0.15) is 0 Å². The predicted molar refractivity (Wildman–Crippen MR) is 127 cm³/mol. The van der Waals surface area contributed by atoms with E-state index in [2.05, 4.69) is 5.32 Å². The van der Waals surface area contributed by atoms with Gasteiger partial charge in [0.05, 0.1) is 20.6 Å². The Morgan fingerprint density at radius 1 is 0.789 bits per heavy atom. The SMILES string of the molecule is COc1cc2c(cc1OC(=O)CC(NC(=O)OC(C)(C)C)C(=O)Oc1cc3c(cc1OC)OCO3)OCO2. The van der Waals surface area contributed by atoms with E-state index >= 15 is 0 Å². The van der Waals surface area contributed by atoms with Crippen LogP contribution in [-0.2, 0) is 14.3 Å². The van der Waals surface area contributed by atoms with Crippen molar-refractivity contribution in [3.05, 3.63) is 24.3 Å². The van der Waals surface area contributed by atoms with Gasteiger partial charge in [0.25, 0.3) is 0 Å². The van der Waals surface area contributed by atoms with Crippen LogP contribution in [0.5, 0.6) is 46.0 Å². The molecular weight excluding hydrogens is 506 g/mol. The molecule has 0 saturated heterocycles. The summed E-state index contributed by atoms with van der Waals surface area (Å²) in [6, 6.07) is 4.32. The molecule has 1 atom stereocenters. The molecule has 0 bridgehead atoms. The Morgan fingerprint density at radius 2 is 1.24 bits per heavy atom. The van der Waals surface area contributed by atoms with Gasteiger partial charge in [-0.15, -0.1) is 0 Å². The van der Waals surface area contributed by atoms with Crippen LogP contribution in [0.4, 0.5) is 4.79 Å². The monoisotopic (exact) mass is 533 g/mol. The highest BCUT2D eigenvalue weighted by molar-refractivity contribution is 5.88. The van der Waals surface area contributed by atoms with Crippen LogP contribution in [0.15, 0.2) is 24.3 Å². The first-order valence-electron chi connectivity index (χ1n) is 11.4. The second-order valence-corrected chi connectivity index (χ2v) is 9.01. The van der Waals surface area contributed by atoms with E-state index in [1.54, 1.807) is 20.8 Å². The lowest BCUT2D eigenvalue weighted by molar-refractivity contribution is -0.143. The van der Waals surface area contributed by atoms with E-state index in [1.165, 1.54) is 38.5 Å². The van der Waals surface area contributed by atoms with Crippen LogP contribution in [0, 0.1) is 0 Å². The Hall–Kier alpha value is -4.55. The van der Waals surface area contributed by atoms with Crippen molar-refractivity contribution in [3.63, 3.8) is 0 Å². The number of esters is 2. The number of benzene rings is 2.